The van der Waals surface area contributed by atoms with Crippen LogP contribution in [0.2, 0.25) is 12.1 Å². The molecule has 0 saturated heterocycles. The molecular weight excluding hydrogens is 690 g/mol. The predicted molar refractivity (Wildman–Crippen MR) is 103 cm³/mol. The van der Waals surface area contributed by atoms with Gasteiger partial charge in [0.1, 0.15) is 0 Å². The summed E-state index contributed by atoms with van der Waals surface area (Å²) in [6.07, 6.45) is -18.2. The normalized spacial score (nSPS) is 17.7. The van der Waals surface area contributed by atoms with Crippen molar-refractivity contribution in [2.75, 3.05) is 0 Å². The molecule has 0 saturated carbocycles. The third kappa shape index (κ3) is 6.76. The van der Waals surface area contributed by atoms with E-state index in [2.05, 4.69) is 0 Å². The predicted octanol–water partition coefficient (Wildman–Crippen LogP) is 8.61. The molecule has 25 heteroatoms. The molecule has 260 valence electrons. The second-order valence-electron chi connectivity index (χ2n) is 9.80. The quantitative estimate of drug-likeness (QED) is 0.140. The first-order chi connectivity index (χ1) is 18.3. The molecule has 0 aliphatic carbocycles. The van der Waals surface area contributed by atoms with Crippen LogP contribution in [0.5, 0.6) is 0 Å². The molecule has 0 rings (SSSR count). The highest BCUT2D eigenvalue weighted by Gasteiger charge is 2.88. The third-order valence-electron chi connectivity index (χ3n) is 6.45. The van der Waals surface area contributed by atoms with Crippen molar-refractivity contribution in [1.29, 1.82) is 0 Å². The molecule has 0 aliphatic rings. The van der Waals surface area contributed by atoms with Crippen molar-refractivity contribution in [2.24, 2.45) is 22.6 Å². The molecule has 0 fully saturated rings. The first-order valence-corrected chi connectivity index (χ1v) is 13.6. The maximum atomic E-state index is 14.1. The number of nitrogens with two attached hydrogens (primary N) is 2. The van der Waals surface area contributed by atoms with Gasteiger partial charge in [0.15, 0.2) is 8.40 Å². The molecule has 0 aromatic heterocycles. The van der Waals surface area contributed by atoms with E-state index in [0.29, 0.717) is 0 Å². The Balaban J connectivity index is 5.85. The Morgan fingerprint density at radius 3 is 0.791 bits per heavy atom. The minimum absolute atomic E-state index is 0.0968. The summed E-state index contributed by atoms with van der Waals surface area (Å²) >= 11 is 0. The molecular formula is C18H20F22N2Si. The summed E-state index contributed by atoms with van der Waals surface area (Å²) in [5.41, 5.74) is 0. The third-order valence-corrected chi connectivity index (χ3v) is 8.89. The van der Waals surface area contributed by atoms with Crippen molar-refractivity contribution in [3.8, 4) is 0 Å². The highest BCUT2D eigenvalue weighted by molar-refractivity contribution is 6.73. The van der Waals surface area contributed by atoms with Crippen LogP contribution in [-0.4, -0.2) is 68.1 Å². The van der Waals surface area contributed by atoms with Crippen molar-refractivity contribution in [3.63, 3.8) is 0 Å². The van der Waals surface area contributed by atoms with Gasteiger partial charge in [-0.25, -0.2) is 0 Å². The van der Waals surface area contributed by atoms with Crippen LogP contribution < -0.4 is 10.8 Å². The molecule has 2 nitrogen and oxygen atoms in total. The van der Waals surface area contributed by atoms with Gasteiger partial charge in [0.05, 0.1) is 0 Å². The maximum Gasteiger partial charge on any atom is 0.460 e. The number of hydrogen-bond donors (Lipinski definition) is 2. The van der Waals surface area contributed by atoms with Crippen molar-refractivity contribution in [1.82, 2.24) is 0 Å². The van der Waals surface area contributed by atoms with Gasteiger partial charge in [-0.2, -0.15) is 96.6 Å². The largest absolute Gasteiger partial charge is 0.460 e. The van der Waals surface area contributed by atoms with E-state index in [0.717, 1.165) is 0 Å². The monoisotopic (exact) mass is 710 g/mol. The molecule has 0 radical (unpaired) electrons. The highest BCUT2D eigenvalue weighted by Crippen LogP contribution is 2.60. The molecule has 0 aromatic carbocycles. The lowest BCUT2D eigenvalue weighted by atomic mass is 9.88. The fourth-order valence-corrected chi connectivity index (χ4v) is 5.44. The van der Waals surface area contributed by atoms with E-state index < -0.39 is 105 Å². The van der Waals surface area contributed by atoms with Crippen LogP contribution in [0, 0.1) is 11.8 Å². The summed E-state index contributed by atoms with van der Waals surface area (Å²) in [5, 5.41) is 10.7. The molecule has 4 N–H and O–H groups in total. The number of rotatable bonds is 14. The van der Waals surface area contributed by atoms with Gasteiger partial charge in [-0.05, 0) is 24.9 Å². The number of hydrogen-bond acceptors (Lipinski definition) is 2. The van der Waals surface area contributed by atoms with E-state index in [1.807, 2.05) is 0 Å². The summed E-state index contributed by atoms with van der Waals surface area (Å²) in [6.45, 7) is -0.194. The molecule has 0 bridgehead atoms. The standard InChI is InChI=1S/C18H20F22N2Si/c1-7(9(19,20)11(23,24)13(27,28)15(31,32)17(35,36)37)3-5-43(41,42)6-4-8(2)10(21,22)12(25,26)14(29,30)16(33,34)18(38,39)40/h7-8H,3-6,41-42H2,1-2H3. The molecule has 2 unspecified atom stereocenters. The molecule has 0 spiro atoms. The van der Waals surface area contributed by atoms with Gasteiger partial charge in [0.25, 0.3) is 0 Å². The van der Waals surface area contributed by atoms with Gasteiger partial charge >= 0.3 is 59.7 Å². The van der Waals surface area contributed by atoms with Gasteiger partial charge < -0.3 is 10.8 Å². The van der Waals surface area contributed by atoms with E-state index >= 15 is 0 Å². The first-order valence-electron chi connectivity index (χ1n) is 11.0. The molecule has 0 amide bonds. The van der Waals surface area contributed by atoms with Gasteiger partial charge in [-0.3, -0.25) is 0 Å². The molecule has 2 atom stereocenters. The van der Waals surface area contributed by atoms with Crippen LogP contribution in [0.3, 0.4) is 0 Å². The van der Waals surface area contributed by atoms with Crippen LogP contribution in [0.15, 0.2) is 0 Å². The molecule has 0 heterocycles. The van der Waals surface area contributed by atoms with Crippen LogP contribution in [-0.2, 0) is 0 Å². The first kappa shape index (κ1) is 41.6. The summed E-state index contributed by atoms with van der Waals surface area (Å²) in [5.74, 6) is -65.1. The van der Waals surface area contributed by atoms with E-state index in [-0.39, 0.29) is 13.8 Å². The molecule has 0 aromatic rings. The zero-order chi connectivity index (χ0) is 35.5. The van der Waals surface area contributed by atoms with Crippen LogP contribution in [0.4, 0.5) is 96.6 Å². The van der Waals surface area contributed by atoms with Crippen molar-refractivity contribution >= 4 is 8.40 Å². The summed E-state index contributed by atoms with van der Waals surface area (Å²) < 4.78 is 290. The average molecular weight is 710 g/mol. The summed E-state index contributed by atoms with van der Waals surface area (Å²) in [4.78, 5) is 0. The van der Waals surface area contributed by atoms with Crippen molar-refractivity contribution < 1.29 is 96.6 Å². The maximum absolute atomic E-state index is 14.1. The summed E-state index contributed by atoms with van der Waals surface area (Å²) in [7, 11) is -4.52. The second kappa shape index (κ2) is 11.4. The van der Waals surface area contributed by atoms with Gasteiger partial charge in [0.2, 0.25) is 0 Å². The molecule has 0 aliphatic heterocycles. The van der Waals surface area contributed by atoms with Gasteiger partial charge in [0, 0.05) is 11.8 Å². The number of halogens is 22. The Morgan fingerprint density at radius 1 is 0.395 bits per heavy atom. The van der Waals surface area contributed by atoms with Gasteiger partial charge in [-0.15, -0.1) is 0 Å². The van der Waals surface area contributed by atoms with E-state index in [9.17, 15) is 96.6 Å². The van der Waals surface area contributed by atoms with Gasteiger partial charge in [-0.1, -0.05) is 13.8 Å². The fraction of sp³-hybridized carbons (Fsp3) is 1.00. The second-order valence-corrected chi connectivity index (χ2v) is 13.3. The zero-order valence-corrected chi connectivity index (χ0v) is 22.0. The van der Waals surface area contributed by atoms with Crippen LogP contribution >= 0.6 is 0 Å². The lowest BCUT2D eigenvalue weighted by Crippen LogP contribution is -2.68. The van der Waals surface area contributed by atoms with E-state index in [1.54, 1.807) is 0 Å². The van der Waals surface area contributed by atoms with Crippen molar-refractivity contribution in [2.45, 2.75) is 98.5 Å². The highest BCUT2D eigenvalue weighted by atomic mass is 28.3. The lowest BCUT2D eigenvalue weighted by Gasteiger charge is -2.40. The minimum Gasteiger partial charge on any atom is -0.339 e. The smallest absolute Gasteiger partial charge is 0.339 e. The minimum atomic E-state index is -7.76. The Kier molecular flexibility index (Phi) is 11.1. The van der Waals surface area contributed by atoms with E-state index in [1.165, 1.54) is 0 Å². The lowest BCUT2D eigenvalue weighted by molar-refractivity contribution is -0.426. The summed E-state index contributed by atoms with van der Waals surface area (Å²) in [6, 6.07) is -2.64. The zero-order valence-electron chi connectivity index (χ0n) is 21.0. The van der Waals surface area contributed by atoms with E-state index in [4.69, 9.17) is 10.8 Å². The Morgan fingerprint density at radius 2 is 0.605 bits per heavy atom. The topological polar surface area (TPSA) is 52.0 Å². The molecule has 43 heavy (non-hydrogen) atoms. The Hall–Kier alpha value is -1.40. The fourth-order valence-electron chi connectivity index (χ4n) is 3.25. The van der Waals surface area contributed by atoms with Crippen LogP contribution in [0.25, 0.3) is 0 Å². The van der Waals surface area contributed by atoms with Crippen molar-refractivity contribution in [3.05, 3.63) is 0 Å². The Bertz CT molecular complexity index is 879. The Labute approximate surface area is 227 Å². The average Bonchev–Trinajstić information content (AvgIpc) is 2.78. The van der Waals surface area contributed by atoms with Crippen LogP contribution in [0.1, 0.15) is 26.7 Å². The number of alkyl halides is 22. The SMILES string of the molecule is CC(CC[Si](N)(N)CCC(C)C(F)(F)C(F)(F)C(F)(F)C(F)(F)C(F)(F)F)C(F)(F)C(F)(F)C(F)(F)C(F)(F)C(F)(F)F.